The first kappa shape index (κ1) is 14.7. The molecular weight excluding hydrogens is 242 g/mol. The monoisotopic (exact) mass is 259 g/mol. The van der Waals surface area contributed by atoms with Crippen LogP contribution in [0.25, 0.3) is 0 Å². The van der Waals surface area contributed by atoms with Gasteiger partial charge in [-0.25, -0.2) is 0 Å². The van der Waals surface area contributed by atoms with Gasteiger partial charge in [0.25, 0.3) is 0 Å². The van der Waals surface area contributed by atoms with Crippen molar-refractivity contribution in [2.75, 3.05) is 20.1 Å². The number of nitrogens with one attached hydrogen (secondary N) is 1. The van der Waals surface area contributed by atoms with Crippen LogP contribution in [0.2, 0.25) is 0 Å². The molecule has 1 unspecified atom stereocenters. The Bertz CT molecular complexity index is 479. The van der Waals surface area contributed by atoms with Gasteiger partial charge in [-0.05, 0) is 12.5 Å². The molecule has 1 rings (SSSR count). The first-order valence-corrected chi connectivity index (χ1v) is 6.06. The molecule has 0 aliphatic heterocycles. The highest BCUT2D eigenvalue weighted by atomic mass is 16.2. The molecular formula is C14H17N3O2. The number of carbonyl (C=O) groups is 2. The van der Waals surface area contributed by atoms with Crippen molar-refractivity contribution in [3.63, 3.8) is 0 Å². The highest BCUT2D eigenvalue weighted by Crippen LogP contribution is 2.14. The van der Waals surface area contributed by atoms with Crippen molar-refractivity contribution >= 4 is 11.8 Å². The SMILES string of the molecule is CCN(C)C(=O)CNC(=O)C(C#N)c1ccccc1. The van der Waals surface area contributed by atoms with Crippen LogP contribution in [0.5, 0.6) is 0 Å². The summed E-state index contributed by atoms with van der Waals surface area (Å²) in [5.41, 5.74) is 0.624. The summed E-state index contributed by atoms with van der Waals surface area (Å²) in [5.74, 6) is -1.52. The molecule has 0 bridgehead atoms. The molecule has 0 saturated carbocycles. The average molecular weight is 259 g/mol. The van der Waals surface area contributed by atoms with E-state index in [0.717, 1.165) is 0 Å². The molecule has 1 N–H and O–H groups in total. The number of hydrogen-bond acceptors (Lipinski definition) is 3. The van der Waals surface area contributed by atoms with E-state index in [4.69, 9.17) is 5.26 Å². The van der Waals surface area contributed by atoms with E-state index >= 15 is 0 Å². The molecule has 0 aliphatic carbocycles. The number of nitriles is 1. The Hall–Kier alpha value is -2.35. The van der Waals surface area contributed by atoms with Gasteiger partial charge >= 0.3 is 0 Å². The number of amides is 2. The second kappa shape index (κ2) is 7.17. The minimum Gasteiger partial charge on any atom is -0.346 e. The van der Waals surface area contributed by atoms with E-state index in [2.05, 4.69) is 5.32 Å². The molecule has 1 atom stereocenters. The molecule has 0 heterocycles. The van der Waals surface area contributed by atoms with Gasteiger partial charge in [-0.2, -0.15) is 5.26 Å². The van der Waals surface area contributed by atoms with Crippen molar-refractivity contribution in [1.29, 1.82) is 5.26 Å². The van der Waals surface area contributed by atoms with Crippen molar-refractivity contribution in [1.82, 2.24) is 10.2 Å². The van der Waals surface area contributed by atoms with Gasteiger partial charge in [0.15, 0.2) is 0 Å². The van der Waals surface area contributed by atoms with Crippen LogP contribution in [0.15, 0.2) is 30.3 Å². The van der Waals surface area contributed by atoms with Gasteiger partial charge in [0.1, 0.15) is 5.92 Å². The number of hydrogen-bond donors (Lipinski definition) is 1. The fourth-order valence-corrected chi connectivity index (χ4v) is 1.51. The van der Waals surface area contributed by atoms with Crippen LogP contribution in [-0.2, 0) is 9.59 Å². The molecule has 0 aliphatic rings. The van der Waals surface area contributed by atoms with Gasteiger partial charge in [-0.1, -0.05) is 30.3 Å². The summed E-state index contributed by atoms with van der Waals surface area (Å²) in [6.07, 6.45) is 0. The van der Waals surface area contributed by atoms with Crippen LogP contribution in [-0.4, -0.2) is 36.9 Å². The summed E-state index contributed by atoms with van der Waals surface area (Å²) in [4.78, 5) is 24.9. The summed E-state index contributed by atoms with van der Waals surface area (Å²) < 4.78 is 0. The molecule has 0 fully saturated rings. The number of carbonyl (C=O) groups excluding carboxylic acids is 2. The maximum absolute atomic E-state index is 11.9. The second-order valence-electron chi connectivity index (χ2n) is 4.10. The van der Waals surface area contributed by atoms with E-state index in [0.29, 0.717) is 12.1 Å². The summed E-state index contributed by atoms with van der Waals surface area (Å²) in [6.45, 7) is 2.34. The summed E-state index contributed by atoms with van der Waals surface area (Å²) in [7, 11) is 1.66. The maximum Gasteiger partial charge on any atom is 0.242 e. The van der Waals surface area contributed by atoms with Crippen LogP contribution in [0.4, 0.5) is 0 Å². The Labute approximate surface area is 112 Å². The minimum absolute atomic E-state index is 0.0891. The minimum atomic E-state index is -0.888. The zero-order valence-electron chi connectivity index (χ0n) is 11.1. The molecule has 100 valence electrons. The first-order chi connectivity index (χ1) is 9.10. The highest BCUT2D eigenvalue weighted by Gasteiger charge is 2.20. The van der Waals surface area contributed by atoms with E-state index in [1.54, 1.807) is 31.3 Å². The molecule has 0 saturated heterocycles. The molecule has 0 spiro atoms. The fraction of sp³-hybridized carbons (Fsp3) is 0.357. The summed E-state index contributed by atoms with van der Waals surface area (Å²) >= 11 is 0. The lowest BCUT2D eigenvalue weighted by Crippen LogP contribution is -2.39. The third kappa shape index (κ3) is 4.11. The lowest BCUT2D eigenvalue weighted by molar-refractivity contribution is -0.131. The van der Waals surface area contributed by atoms with Crippen molar-refractivity contribution in [3.8, 4) is 6.07 Å². The Kier molecular flexibility index (Phi) is 5.55. The van der Waals surface area contributed by atoms with Crippen LogP contribution >= 0.6 is 0 Å². The van der Waals surface area contributed by atoms with Crippen molar-refractivity contribution < 1.29 is 9.59 Å². The Morgan fingerprint density at radius 1 is 1.37 bits per heavy atom. The number of benzene rings is 1. The zero-order chi connectivity index (χ0) is 14.3. The van der Waals surface area contributed by atoms with Gasteiger partial charge in [0.05, 0.1) is 12.6 Å². The average Bonchev–Trinajstić information content (AvgIpc) is 2.45. The van der Waals surface area contributed by atoms with Crippen LogP contribution < -0.4 is 5.32 Å². The van der Waals surface area contributed by atoms with Gasteiger partial charge in [0, 0.05) is 13.6 Å². The van der Waals surface area contributed by atoms with Crippen LogP contribution in [0.3, 0.4) is 0 Å². The van der Waals surface area contributed by atoms with E-state index in [-0.39, 0.29) is 12.5 Å². The van der Waals surface area contributed by atoms with Crippen LogP contribution in [0, 0.1) is 11.3 Å². The summed E-state index contributed by atoms with van der Waals surface area (Å²) in [5, 5.41) is 11.6. The molecule has 19 heavy (non-hydrogen) atoms. The van der Waals surface area contributed by atoms with E-state index < -0.39 is 11.8 Å². The quantitative estimate of drug-likeness (QED) is 0.853. The molecule has 1 aromatic rings. The van der Waals surface area contributed by atoms with Crippen molar-refractivity contribution in [2.45, 2.75) is 12.8 Å². The highest BCUT2D eigenvalue weighted by molar-refractivity contribution is 5.90. The predicted octanol–water partition coefficient (Wildman–Crippen LogP) is 0.888. The van der Waals surface area contributed by atoms with E-state index in [9.17, 15) is 9.59 Å². The number of nitrogens with zero attached hydrogens (tertiary/aromatic N) is 2. The standard InChI is InChI=1S/C14H17N3O2/c1-3-17(2)13(18)10-16-14(19)12(9-15)11-7-5-4-6-8-11/h4-8,12H,3,10H2,1-2H3,(H,16,19). The van der Waals surface area contributed by atoms with Gasteiger partial charge in [-0.15, -0.1) is 0 Å². The van der Waals surface area contributed by atoms with Gasteiger partial charge in [0.2, 0.25) is 11.8 Å². The molecule has 5 nitrogen and oxygen atoms in total. The molecule has 1 aromatic carbocycles. The Morgan fingerprint density at radius 2 is 2.00 bits per heavy atom. The lowest BCUT2D eigenvalue weighted by Gasteiger charge is -2.15. The first-order valence-electron chi connectivity index (χ1n) is 6.06. The lowest BCUT2D eigenvalue weighted by atomic mass is 10.00. The molecule has 2 amide bonds. The molecule has 0 aromatic heterocycles. The maximum atomic E-state index is 11.9. The molecule has 5 heteroatoms. The van der Waals surface area contributed by atoms with E-state index in [1.165, 1.54) is 4.90 Å². The second-order valence-corrected chi connectivity index (χ2v) is 4.10. The largest absolute Gasteiger partial charge is 0.346 e. The number of rotatable bonds is 5. The smallest absolute Gasteiger partial charge is 0.242 e. The third-order valence-electron chi connectivity index (χ3n) is 2.84. The fourth-order valence-electron chi connectivity index (χ4n) is 1.51. The number of likely N-dealkylation sites (N-methyl/N-ethyl adjacent to an activating group) is 1. The third-order valence-corrected chi connectivity index (χ3v) is 2.84. The zero-order valence-corrected chi connectivity index (χ0v) is 11.1. The Morgan fingerprint density at radius 3 is 2.53 bits per heavy atom. The predicted molar refractivity (Wildman–Crippen MR) is 71.1 cm³/mol. The van der Waals surface area contributed by atoms with Crippen molar-refractivity contribution in [2.24, 2.45) is 0 Å². The van der Waals surface area contributed by atoms with Gasteiger partial charge in [-0.3, -0.25) is 9.59 Å². The van der Waals surface area contributed by atoms with Gasteiger partial charge < -0.3 is 10.2 Å². The normalized spacial score (nSPS) is 11.2. The topological polar surface area (TPSA) is 73.2 Å². The van der Waals surface area contributed by atoms with E-state index in [1.807, 2.05) is 19.1 Å². The Balaban J connectivity index is 2.62. The van der Waals surface area contributed by atoms with Crippen molar-refractivity contribution in [3.05, 3.63) is 35.9 Å². The summed E-state index contributed by atoms with van der Waals surface area (Å²) in [6, 6.07) is 10.7. The molecule has 0 radical (unpaired) electrons. The van der Waals surface area contributed by atoms with Crippen LogP contribution in [0.1, 0.15) is 18.4 Å².